The lowest BCUT2D eigenvalue weighted by atomic mass is 10.3. The highest BCUT2D eigenvalue weighted by Gasteiger charge is 2.16. The van der Waals surface area contributed by atoms with E-state index in [1.54, 1.807) is 0 Å². The predicted molar refractivity (Wildman–Crippen MR) is 61.7 cm³/mol. The summed E-state index contributed by atoms with van der Waals surface area (Å²) < 4.78 is 0. The summed E-state index contributed by atoms with van der Waals surface area (Å²) in [5.41, 5.74) is 5.21. The quantitative estimate of drug-likeness (QED) is 0.430. The van der Waals surface area contributed by atoms with Gasteiger partial charge in [0.25, 0.3) is 0 Å². The second-order valence-electron chi connectivity index (χ2n) is 3.65. The molecule has 0 saturated carbocycles. The van der Waals surface area contributed by atoms with Gasteiger partial charge in [-0.25, -0.2) is 0 Å². The molecule has 0 aliphatic rings. The monoisotopic (exact) mass is 236 g/mol. The molecule has 0 rings (SSSR count). The molecule has 0 bridgehead atoms. The first-order valence-electron chi connectivity index (χ1n) is 4.89. The van der Waals surface area contributed by atoms with Gasteiger partial charge in [0, 0.05) is 17.5 Å². The van der Waals surface area contributed by atoms with Gasteiger partial charge in [0.15, 0.2) is 0 Å². The van der Waals surface area contributed by atoms with E-state index in [1.165, 1.54) is 11.8 Å². The van der Waals surface area contributed by atoms with Crippen LogP contribution in [0.25, 0.3) is 0 Å². The number of carbonyl (C=O) groups is 1. The summed E-state index contributed by atoms with van der Waals surface area (Å²) in [6.07, 6.45) is -0.734. The maximum atomic E-state index is 11.0. The van der Waals surface area contributed by atoms with Crippen molar-refractivity contribution in [1.29, 1.82) is 0 Å². The number of aliphatic hydroxyl groups excluding tert-OH is 2. The Morgan fingerprint density at radius 2 is 2.07 bits per heavy atom. The molecule has 1 amide bonds. The Morgan fingerprint density at radius 1 is 1.47 bits per heavy atom. The molecule has 2 atom stereocenters. The van der Waals surface area contributed by atoms with E-state index in [0.717, 1.165) is 0 Å². The van der Waals surface area contributed by atoms with Crippen molar-refractivity contribution >= 4 is 17.7 Å². The fourth-order valence-electron chi connectivity index (χ4n) is 0.989. The third-order valence-corrected chi connectivity index (χ3v) is 2.87. The molecule has 0 aliphatic carbocycles. The Hall–Kier alpha value is -0.300. The molecule has 15 heavy (non-hydrogen) atoms. The van der Waals surface area contributed by atoms with Gasteiger partial charge < -0.3 is 21.3 Å². The summed E-state index contributed by atoms with van der Waals surface area (Å²) in [7, 11) is 0. The van der Waals surface area contributed by atoms with Gasteiger partial charge in [0.05, 0.1) is 18.8 Å². The summed E-state index contributed by atoms with van der Waals surface area (Å²) in [6.45, 7) is 3.61. The Morgan fingerprint density at radius 3 is 2.47 bits per heavy atom. The van der Waals surface area contributed by atoms with Crippen LogP contribution < -0.4 is 11.1 Å². The Balaban J connectivity index is 3.81. The van der Waals surface area contributed by atoms with Gasteiger partial charge in [0.1, 0.15) is 0 Å². The van der Waals surface area contributed by atoms with Crippen LogP contribution in [0.1, 0.15) is 13.8 Å². The van der Waals surface area contributed by atoms with Crippen molar-refractivity contribution < 1.29 is 15.0 Å². The molecule has 0 aromatic heterocycles. The summed E-state index contributed by atoms with van der Waals surface area (Å²) >= 11 is 1.39. The number of hydrogen-bond donors (Lipinski definition) is 4. The van der Waals surface area contributed by atoms with Crippen molar-refractivity contribution in [3.63, 3.8) is 0 Å². The van der Waals surface area contributed by atoms with E-state index in [1.807, 2.05) is 13.8 Å². The first kappa shape index (κ1) is 14.7. The molecule has 0 spiro atoms. The van der Waals surface area contributed by atoms with Crippen LogP contribution in [-0.2, 0) is 4.79 Å². The number of thioether (sulfide) groups is 1. The highest BCUT2D eigenvalue weighted by atomic mass is 32.2. The van der Waals surface area contributed by atoms with E-state index in [9.17, 15) is 4.79 Å². The number of carbonyl (C=O) groups excluding carboxylic acids is 1. The average Bonchev–Trinajstić information content (AvgIpc) is 2.15. The van der Waals surface area contributed by atoms with Gasteiger partial charge in [-0.15, -0.1) is 0 Å². The minimum atomic E-state index is -0.734. The van der Waals surface area contributed by atoms with Crippen LogP contribution >= 0.6 is 11.8 Å². The van der Waals surface area contributed by atoms with E-state index in [4.69, 9.17) is 15.9 Å². The molecule has 0 radical (unpaired) electrons. The van der Waals surface area contributed by atoms with Crippen LogP contribution in [0, 0.1) is 0 Å². The van der Waals surface area contributed by atoms with Crippen LogP contribution in [0.3, 0.4) is 0 Å². The summed E-state index contributed by atoms with van der Waals surface area (Å²) in [5.74, 6) is 0.514. The largest absolute Gasteiger partial charge is 0.394 e. The van der Waals surface area contributed by atoms with Gasteiger partial charge in [-0.2, -0.15) is 11.8 Å². The van der Waals surface area contributed by atoms with E-state index >= 15 is 0 Å². The molecule has 0 aliphatic heterocycles. The first-order chi connectivity index (χ1) is 6.97. The minimum Gasteiger partial charge on any atom is -0.394 e. The van der Waals surface area contributed by atoms with Crippen LogP contribution in [0.2, 0.25) is 0 Å². The molecule has 6 heteroatoms. The summed E-state index contributed by atoms with van der Waals surface area (Å²) in [4.78, 5) is 11.0. The molecule has 0 fully saturated rings. The first-order valence-corrected chi connectivity index (χ1v) is 6.04. The zero-order valence-electron chi connectivity index (χ0n) is 9.14. The van der Waals surface area contributed by atoms with E-state index in [2.05, 4.69) is 5.32 Å². The van der Waals surface area contributed by atoms with Gasteiger partial charge in [-0.3, -0.25) is 4.79 Å². The van der Waals surface area contributed by atoms with Crippen LogP contribution in [0.15, 0.2) is 0 Å². The molecule has 5 nitrogen and oxygen atoms in total. The molecule has 0 saturated heterocycles. The second-order valence-corrected chi connectivity index (χ2v) is 4.73. The molecule has 90 valence electrons. The third kappa shape index (κ3) is 7.61. The van der Waals surface area contributed by atoms with E-state index in [0.29, 0.717) is 11.5 Å². The minimum absolute atomic E-state index is 0.186. The number of nitrogens with one attached hydrogen (secondary N) is 1. The maximum Gasteiger partial charge on any atom is 0.235 e. The number of hydrogen-bond acceptors (Lipinski definition) is 5. The zero-order valence-corrected chi connectivity index (χ0v) is 9.96. The summed E-state index contributed by atoms with van der Waals surface area (Å²) in [6, 6.07) is -0.202. The molecular formula is C9H20N2O3S. The van der Waals surface area contributed by atoms with Crippen molar-refractivity contribution in [3.05, 3.63) is 0 Å². The number of rotatable bonds is 8. The molecule has 0 aromatic rings. The second kappa shape index (κ2) is 7.92. The Labute approximate surface area is 94.4 Å². The van der Waals surface area contributed by atoms with Crippen molar-refractivity contribution in [2.75, 3.05) is 18.1 Å². The summed E-state index contributed by atoms with van der Waals surface area (Å²) in [5, 5.41) is 20.7. The molecule has 5 N–H and O–H groups in total. The molecular weight excluding hydrogens is 216 g/mol. The lowest BCUT2D eigenvalue weighted by molar-refractivity contribution is -0.119. The van der Waals surface area contributed by atoms with Crippen LogP contribution in [-0.4, -0.2) is 52.4 Å². The number of amides is 1. The SMILES string of the molecule is CC(C)NC(CSCC(O)CO)C(N)=O. The fraction of sp³-hybridized carbons (Fsp3) is 0.889. The van der Waals surface area contributed by atoms with Crippen LogP contribution in [0.4, 0.5) is 0 Å². The highest BCUT2D eigenvalue weighted by molar-refractivity contribution is 7.99. The topological polar surface area (TPSA) is 95.6 Å². The van der Waals surface area contributed by atoms with Gasteiger partial charge in [-0.1, -0.05) is 13.8 Å². The van der Waals surface area contributed by atoms with E-state index in [-0.39, 0.29) is 18.7 Å². The predicted octanol–water partition coefficient (Wildman–Crippen LogP) is -1.08. The molecule has 0 heterocycles. The number of primary amides is 1. The zero-order chi connectivity index (χ0) is 11.8. The van der Waals surface area contributed by atoms with Crippen molar-refractivity contribution in [3.8, 4) is 0 Å². The lowest BCUT2D eigenvalue weighted by Gasteiger charge is -2.18. The fourth-order valence-corrected chi connectivity index (χ4v) is 2.00. The average molecular weight is 236 g/mol. The standard InChI is InChI=1S/C9H20N2O3S/c1-6(2)11-8(9(10)14)5-15-4-7(13)3-12/h6-8,11-13H,3-5H2,1-2H3,(H2,10,14). The van der Waals surface area contributed by atoms with Gasteiger partial charge in [0.2, 0.25) is 5.91 Å². The Bertz CT molecular complexity index is 190. The van der Waals surface area contributed by atoms with Gasteiger partial charge >= 0.3 is 0 Å². The number of nitrogens with two attached hydrogens (primary N) is 1. The van der Waals surface area contributed by atoms with Crippen molar-refractivity contribution in [2.24, 2.45) is 5.73 Å². The van der Waals surface area contributed by atoms with Crippen LogP contribution in [0.5, 0.6) is 0 Å². The van der Waals surface area contributed by atoms with Gasteiger partial charge in [-0.05, 0) is 0 Å². The normalized spacial score (nSPS) is 15.3. The Kier molecular flexibility index (Phi) is 7.76. The third-order valence-electron chi connectivity index (χ3n) is 1.68. The highest BCUT2D eigenvalue weighted by Crippen LogP contribution is 2.05. The van der Waals surface area contributed by atoms with Crippen molar-refractivity contribution in [1.82, 2.24) is 5.32 Å². The van der Waals surface area contributed by atoms with E-state index < -0.39 is 12.0 Å². The molecule has 0 aromatic carbocycles. The lowest BCUT2D eigenvalue weighted by Crippen LogP contribution is -2.46. The van der Waals surface area contributed by atoms with Crippen molar-refractivity contribution in [2.45, 2.75) is 32.0 Å². The maximum absolute atomic E-state index is 11.0. The smallest absolute Gasteiger partial charge is 0.235 e. The molecule has 2 unspecified atom stereocenters. The number of aliphatic hydroxyl groups is 2.